The molecule has 5 rings (SSSR count). The number of nitrogens with zero attached hydrogens (tertiary/aromatic N) is 5. The molecule has 0 unspecified atom stereocenters. The maximum Gasteiger partial charge on any atom is 0.414 e. The zero-order chi connectivity index (χ0) is 36.6. The summed E-state index contributed by atoms with van der Waals surface area (Å²) < 4.78 is 60.6. The van der Waals surface area contributed by atoms with Gasteiger partial charge in [-0.3, -0.25) is 24.8 Å². The fourth-order valence-electron chi connectivity index (χ4n) is 5.46. The Labute approximate surface area is 285 Å². The average Bonchev–Trinajstić information content (AvgIpc) is 3.57. The second-order valence-corrected chi connectivity index (χ2v) is 14.0. The number of piperidine rings is 1. The van der Waals surface area contributed by atoms with E-state index in [1.807, 2.05) is 0 Å². The Balaban J connectivity index is 1.48. The summed E-state index contributed by atoms with van der Waals surface area (Å²) in [6.07, 6.45) is 0.907. The number of fused-ring (bicyclic) bond motifs is 1. The minimum absolute atomic E-state index is 0.0164. The standard InChI is InChI=1S/C33H39F3N8O6/c1-31(2,3)49-29(46)40-21-11-20(33(34,35)36)16-44(17-21)23-8-9-37-14-22(23)41-27(45)25-26-24(48-28(25)42-30(47)50-32(4,5)6)10-18(12-38-26)19-13-39-43(7)15-19/h8-10,12-15,20-21H,11,16-17H2,1-7H3,(H,40,46)(H,41,45)(H,42,47)/t20-,21+/m1/s1. The zero-order valence-corrected chi connectivity index (χ0v) is 28.6. The first-order chi connectivity index (χ1) is 23.3. The zero-order valence-electron chi connectivity index (χ0n) is 28.6. The normalized spacial score (nSPS) is 17.0. The Morgan fingerprint density at radius 1 is 0.940 bits per heavy atom. The van der Waals surface area contributed by atoms with Gasteiger partial charge in [-0.25, -0.2) is 9.59 Å². The van der Waals surface area contributed by atoms with Crippen molar-refractivity contribution in [2.75, 3.05) is 28.6 Å². The number of amides is 3. The summed E-state index contributed by atoms with van der Waals surface area (Å²) in [4.78, 5) is 49.3. The summed E-state index contributed by atoms with van der Waals surface area (Å²) in [5, 5.41) is 11.9. The fourth-order valence-corrected chi connectivity index (χ4v) is 5.46. The van der Waals surface area contributed by atoms with E-state index in [0.29, 0.717) is 5.56 Å². The van der Waals surface area contributed by atoms with Gasteiger partial charge in [0.15, 0.2) is 5.58 Å². The minimum Gasteiger partial charge on any atom is -0.444 e. The SMILES string of the molecule is Cn1cc(-c2cnc3c(C(=O)Nc4cnccc4N4C[C@@H](NC(=O)OC(C)(C)C)C[C@@H](C(F)(F)F)C4)c(NC(=O)OC(C)(C)C)oc3c2)cn1. The predicted molar refractivity (Wildman–Crippen MR) is 178 cm³/mol. The number of alkyl halides is 3. The molecule has 1 aliphatic heterocycles. The van der Waals surface area contributed by atoms with Gasteiger partial charge in [0.1, 0.15) is 22.3 Å². The molecule has 0 radical (unpaired) electrons. The van der Waals surface area contributed by atoms with Gasteiger partial charge in [-0.15, -0.1) is 0 Å². The molecule has 0 spiro atoms. The van der Waals surface area contributed by atoms with Crippen LogP contribution >= 0.6 is 0 Å². The molecule has 4 aromatic rings. The third-order valence-corrected chi connectivity index (χ3v) is 7.43. The highest BCUT2D eigenvalue weighted by atomic mass is 19.4. The quantitative estimate of drug-likeness (QED) is 0.202. The molecule has 17 heteroatoms. The van der Waals surface area contributed by atoms with Crippen molar-refractivity contribution < 1.29 is 41.4 Å². The van der Waals surface area contributed by atoms with E-state index in [0.717, 1.165) is 5.56 Å². The monoisotopic (exact) mass is 700 g/mol. The number of ether oxygens (including phenoxy) is 2. The van der Waals surface area contributed by atoms with Crippen LogP contribution < -0.4 is 20.9 Å². The topological polar surface area (TPSA) is 166 Å². The van der Waals surface area contributed by atoms with E-state index < -0.39 is 54.0 Å². The van der Waals surface area contributed by atoms with Crippen LogP contribution in [-0.2, 0) is 16.5 Å². The van der Waals surface area contributed by atoms with Crippen LogP contribution in [0.3, 0.4) is 0 Å². The molecule has 2 atom stereocenters. The fraction of sp³-hybridized carbons (Fsp3) is 0.455. The number of hydrogen-bond donors (Lipinski definition) is 3. The van der Waals surface area contributed by atoms with E-state index in [2.05, 4.69) is 31.0 Å². The number of aromatic nitrogens is 4. The van der Waals surface area contributed by atoms with Crippen molar-refractivity contribution >= 4 is 46.5 Å². The molecule has 14 nitrogen and oxygen atoms in total. The smallest absolute Gasteiger partial charge is 0.414 e. The summed E-state index contributed by atoms with van der Waals surface area (Å²) in [5.74, 6) is -2.85. The highest BCUT2D eigenvalue weighted by molar-refractivity contribution is 6.17. The van der Waals surface area contributed by atoms with Gasteiger partial charge in [0, 0.05) is 49.9 Å². The maximum atomic E-state index is 14.1. The van der Waals surface area contributed by atoms with Crippen molar-refractivity contribution in [3.8, 4) is 11.1 Å². The molecular formula is C33H39F3N8O6. The lowest BCUT2D eigenvalue weighted by Crippen LogP contribution is -2.54. The van der Waals surface area contributed by atoms with Gasteiger partial charge in [0.25, 0.3) is 5.91 Å². The van der Waals surface area contributed by atoms with Crippen LogP contribution in [0.2, 0.25) is 0 Å². The highest BCUT2D eigenvalue weighted by Gasteiger charge is 2.45. The van der Waals surface area contributed by atoms with Crippen molar-refractivity contribution in [1.29, 1.82) is 0 Å². The van der Waals surface area contributed by atoms with E-state index >= 15 is 0 Å². The van der Waals surface area contributed by atoms with Crippen molar-refractivity contribution in [2.24, 2.45) is 13.0 Å². The molecular weight excluding hydrogens is 661 g/mol. The van der Waals surface area contributed by atoms with Gasteiger partial charge in [-0.05, 0) is 60.1 Å². The number of alkyl carbamates (subject to hydrolysis) is 1. The third kappa shape index (κ3) is 8.81. The minimum atomic E-state index is -4.57. The molecule has 3 amide bonds. The maximum absolute atomic E-state index is 14.1. The van der Waals surface area contributed by atoms with Gasteiger partial charge >= 0.3 is 18.4 Å². The number of carbonyl (C=O) groups is 3. The molecule has 0 aliphatic carbocycles. The number of nitrogens with one attached hydrogen (secondary N) is 3. The first kappa shape index (κ1) is 35.9. The van der Waals surface area contributed by atoms with Gasteiger partial charge in [-0.2, -0.15) is 18.3 Å². The van der Waals surface area contributed by atoms with E-state index in [1.54, 1.807) is 71.7 Å². The van der Waals surface area contributed by atoms with Crippen LogP contribution in [0.4, 0.5) is 40.0 Å². The van der Waals surface area contributed by atoms with Crippen LogP contribution in [0.15, 0.2) is 47.5 Å². The molecule has 1 fully saturated rings. The first-order valence-electron chi connectivity index (χ1n) is 15.7. The van der Waals surface area contributed by atoms with Crippen LogP contribution in [-0.4, -0.2) is 74.4 Å². The van der Waals surface area contributed by atoms with Gasteiger partial charge in [0.2, 0.25) is 5.88 Å². The molecule has 50 heavy (non-hydrogen) atoms. The number of halogens is 3. The molecule has 0 saturated carbocycles. The summed E-state index contributed by atoms with van der Waals surface area (Å²) in [6.45, 7) is 9.50. The molecule has 1 saturated heterocycles. The molecule has 268 valence electrons. The first-order valence-corrected chi connectivity index (χ1v) is 15.7. The van der Waals surface area contributed by atoms with Gasteiger partial charge in [-0.1, -0.05) is 0 Å². The second kappa shape index (κ2) is 13.5. The molecule has 0 bridgehead atoms. The second-order valence-electron chi connectivity index (χ2n) is 14.0. The van der Waals surface area contributed by atoms with E-state index in [4.69, 9.17) is 13.9 Å². The van der Waals surface area contributed by atoms with Crippen LogP contribution in [0.25, 0.3) is 22.2 Å². The van der Waals surface area contributed by atoms with Crippen molar-refractivity contribution in [2.45, 2.75) is 71.4 Å². The number of furan rings is 1. The number of carbonyl (C=O) groups excluding carboxylic acids is 3. The van der Waals surface area contributed by atoms with Crippen molar-refractivity contribution in [3.63, 3.8) is 0 Å². The Morgan fingerprint density at radius 3 is 2.28 bits per heavy atom. The van der Waals surface area contributed by atoms with E-state index in [-0.39, 0.29) is 46.9 Å². The van der Waals surface area contributed by atoms with Crippen molar-refractivity contribution in [1.82, 2.24) is 25.1 Å². The van der Waals surface area contributed by atoms with Crippen LogP contribution in [0, 0.1) is 5.92 Å². The molecule has 3 N–H and O–H groups in total. The van der Waals surface area contributed by atoms with Gasteiger partial charge < -0.3 is 29.4 Å². The molecule has 4 aromatic heterocycles. The number of aryl methyl sites for hydroxylation is 1. The lowest BCUT2D eigenvalue weighted by Gasteiger charge is -2.40. The average molecular weight is 701 g/mol. The van der Waals surface area contributed by atoms with Crippen LogP contribution in [0.5, 0.6) is 0 Å². The number of anilines is 3. The molecule has 5 heterocycles. The number of hydrogen-bond acceptors (Lipinski definition) is 10. The number of pyridine rings is 2. The molecule has 0 aromatic carbocycles. The Hall–Kier alpha value is -5.35. The van der Waals surface area contributed by atoms with Gasteiger partial charge in [0.05, 0.1) is 35.7 Å². The Bertz CT molecular complexity index is 1890. The summed E-state index contributed by atoms with van der Waals surface area (Å²) in [6, 6.07) is 2.17. The van der Waals surface area contributed by atoms with E-state index in [1.165, 1.54) is 29.6 Å². The largest absolute Gasteiger partial charge is 0.444 e. The lowest BCUT2D eigenvalue weighted by molar-refractivity contribution is -0.177. The Morgan fingerprint density at radius 2 is 1.64 bits per heavy atom. The summed E-state index contributed by atoms with van der Waals surface area (Å²) in [7, 11) is 1.76. The highest BCUT2D eigenvalue weighted by Crippen LogP contribution is 2.38. The Kier molecular flexibility index (Phi) is 9.72. The molecule has 1 aliphatic rings. The number of rotatable bonds is 6. The third-order valence-electron chi connectivity index (χ3n) is 7.43. The van der Waals surface area contributed by atoms with Crippen LogP contribution in [0.1, 0.15) is 58.3 Å². The predicted octanol–water partition coefficient (Wildman–Crippen LogP) is 6.50. The van der Waals surface area contributed by atoms with Crippen molar-refractivity contribution in [3.05, 3.63) is 48.7 Å². The summed E-state index contributed by atoms with van der Waals surface area (Å²) in [5.41, 5.74) is 0.0298. The summed E-state index contributed by atoms with van der Waals surface area (Å²) >= 11 is 0. The van der Waals surface area contributed by atoms with E-state index in [9.17, 15) is 27.6 Å². The lowest BCUT2D eigenvalue weighted by atomic mass is 9.93.